The smallest absolute Gasteiger partial charge is 0.255 e. The molecule has 2 heterocycles. The zero-order valence-corrected chi connectivity index (χ0v) is 16.3. The first-order valence-electron chi connectivity index (χ1n) is 8.80. The second-order valence-electron chi connectivity index (χ2n) is 6.61. The quantitative estimate of drug-likeness (QED) is 0.738. The van der Waals surface area contributed by atoms with Crippen molar-refractivity contribution in [1.82, 2.24) is 14.9 Å². The summed E-state index contributed by atoms with van der Waals surface area (Å²) in [4.78, 5) is 35.1. The molecule has 0 saturated carbocycles. The summed E-state index contributed by atoms with van der Waals surface area (Å²) in [5.41, 5.74) is 2.79. The molecule has 28 heavy (non-hydrogen) atoms. The Bertz CT molecular complexity index is 1050. The van der Waals surface area contributed by atoms with Gasteiger partial charge in [-0.05, 0) is 49.7 Å². The molecular weight excluding hydrogens is 356 g/mol. The average molecular weight is 378 g/mol. The average Bonchev–Trinajstić information content (AvgIpc) is 2.66. The van der Waals surface area contributed by atoms with Gasteiger partial charge >= 0.3 is 0 Å². The molecule has 0 spiro atoms. The van der Waals surface area contributed by atoms with Gasteiger partial charge in [-0.2, -0.15) is 0 Å². The summed E-state index contributed by atoms with van der Waals surface area (Å²) < 4.78 is 5.21. The molecule has 0 aliphatic heterocycles. The first-order valence-corrected chi connectivity index (χ1v) is 8.80. The Morgan fingerprint density at radius 2 is 1.93 bits per heavy atom. The van der Waals surface area contributed by atoms with Crippen molar-refractivity contribution >= 4 is 28.5 Å². The van der Waals surface area contributed by atoms with Crippen LogP contribution in [0.15, 0.2) is 42.6 Å². The lowest BCUT2D eigenvalue weighted by molar-refractivity contribution is -0.116. The van der Waals surface area contributed by atoms with Gasteiger partial charge in [0, 0.05) is 24.7 Å². The fraction of sp³-hybridized carbons (Fsp3) is 0.238. The Morgan fingerprint density at radius 1 is 1.14 bits per heavy atom. The topological polar surface area (TPSA) is 84.4 Å². The number of pyridine rings is 2. The van der Waals surface area contributed by atoms with Crippen LogP contribution in [0.5, 0.6) is 5.75 Å². The Hall–Kier alpha value is -3.48. The molecule has 3 aromatic rings. The molecule has 7 heteroatoms. The predicted molar refractivity (Wildman–Crippen MR) is 108 cm³/mol. The summed E-state index contributed by atoms with van der Waals surface area (Å²) in [6.45, 7) is 3.60. The molecule has 0 fully saturated rings. The van der Waals surface area contributed by atoms with Crippen LogP contribution >= 0.6 is 0 Å². The van der Waals surface area contributed by atoms with Crippen molar-refractivity contribution in [2.24, 2.45) is 0 Å². The fourth-order valence-corrected chi connectivity index (χ4v) is 2.87. The lowest BCUT2D eigenvalue weighted by Crippen LogP contribution is -2.35. The zero-order chi connectivity index (χ0) is 20.3. The van der Waals surface area contributed by atoms with Crippen LogP contribution in [0.4, 0.5) is 5.82 Å². The number of methoxy groups -OCH3 is 1. The number of nitrogens with zero attached hydrogens (tertiary/aromatic N) is 3. The Morgan fingerprint density at radius 3 is 2.64 bits per heavy atom. The molecule has 0 atom stereocenters. The maximum Gasteiger partial charge on any atom is 0.255 e. The molecule has 1 N–H and O–H groups in total. The number of rotatable bonds is 5. The highest BCUT2D eigenvalue weighted by molar-refractivity contribution is 6.01. The van der Waals surface area contributed by atoms with Crippen molar-refractivity contribution in [3.8, 4) is 5.75 Å². The van der Waals surface area contributed by atoms with Crippen LogP contribution in [-0.4, -0.2) is 47.4 Å². The van der Waals surface area contributed by atoms with Crippen molar-refractivity contribution < 1.29 is 14.3 Å². The van der Waals surface area contributed by atoms with E-state index in [9.17, 15) is 9.59 Å². The summed E-state index contributed by atoms with van der Waals surface area (Å²) in [7, 11) is 3.18. The van der Waals surface area contributed by atoms with Crippen LogP contribution in [0.3, 0.4) is 0 Å². The number of aromatic nitrogens is 2. The number of likely N-dealkylation sites (N-methyl/N-ethyl adjacent to an activating group) is 1. The van der Waals surface area contributed by atoms with Gasteiger partial charge in [0.1, 0.15) is 11.6 Å². The van der Waals surface area contributed by atoms with Crippen LogP contribution in [0, 0.1) is 13.8 Å². The van der Waals surface area contributed by atoms with Gasteiger partial charge in [0.15, 0.2) is 0 Å². The van der Waals surface area contributed by atoms with Crippen molar-refractivity contribution in [3.63, 3.8) is 0 Å². The summed E-state index contributed by atoms with van der Waals surface area (Å²) in [6, 6.07) is 10.9. The van der Waals surface area contributed by atoms with Gasteiger partial charge in [0.25, 0.3) is 5.91 Å². The third-order valence-corrected chi connectivity index (χ3v) is 4.36. The van der Waals surface area contributed by atoms with Crippen molar-refractivity contribution in [1.29, 1.82) is 0 Å². The van der Waals surface area contributed by atoms with E-state index in [4.69, 9.17) is 4.74 Å². The minimum atomic E-state index is -0.315. The number of benzene rings is 1. The largest absolute Gasteiger partial charge is 0.497 e. The molecule has 2 aromatic heterocycles. The van der Waals surface area contributed by atoms with E-state index in [0.29, 0.717) is 22.8 Å². The molecule has 0 aliphatic carbocycles. The van der Waals surface area contributed by atoms with E-state index in [1.807, 2.05) is 31.2 Å². The molecule has 0 bridgehead atoms. The van der Waals surface area contributed by atoms with E-state index >= 15 is 0 Å². The normalized spacial score (nSPS) is 10.6. The lowest BCUT2D eigenvalue weighted by Gasteiger charge is -2.18. The van der Waals surface area contributed by atoms with Crippen LogP contribution in [0.2, 0.25) is 0 Å². The second kappa shape index (κ2) is 8.04. The number of carbonyl (C=O) groups excluding carboxylic acids is 2. The molecule has 7 nitrogen and oxygen atoms in total. The number of fused-ring (bicyclic) bond motifs is 1. The number of amides is 2. The maximum atomic E-state index is 12.8. The zero-order valence-electron chi connectivity index (χ0n) is 16.3. The van der Waals surface area contributed by atoms with Gasteiger partial charge in [-0.25, -0.2) is 4.98 Å². The van der Waals surface area contributed by atoms with Gasteiger partial charge < -0.3 is 15.0 Å². The Kier molecular flexibility index (Phi) is 5.54. The Balaban J connectivity index is 1.75. The Labute approximate surface area is 163 Å². The summed E-state index contributed by atoms with van der Waals surface area (Å²) in [5.74, 6) is 0.584. The van der Waals surface area contributed by atoms with Crippen molar-refractivity contribution in [2.45, 2.75) is 13.8 Å². The first kappa shape index (κ1) is 19.3. The third-order valence-electron chi connectivity index (χ3n) is 4.36. The molecular formula is C21H22N4O3. The number of hydrogen-bond acceptors (Lipinski definition) is 5. The number of hydrogen-bond donors (Lipinski definition) is 1. The number of ether oxygens (including phenoxy) is 1. The van der Waals surface area contributed by atoms with Crippen LogP contribution < -0.4 is 10.1 Å². The van der Waals surface area contributed by atoms with E-state index in [0.717, 1.165) is 16.5 Å². The van der Waals surface area contributed by atoms with Crippen LogP contribution in [0.1, 0.15) is 21.6 Å². The monoisotopic (exact) mass is 378 g/mol. The number of anilines is 1. The maximum absolute atomic E-state index is 12.8. The molecule has 0 unspecified atom stereocenters. The van der Waals surface area contributed by atoms with Crippen LogP contribution in [-0.2, 0) is 4.79 Å². The van der Waals surface area contributed by atoms with Gasteiger partial charge in [0.05, 0.1) is 30.4 Å². The minimum Gasteiger partial charge on any atom is -0.497 e. The summed E-state index contributed by atoms with van der Waals surface area (Å²) in [5, 5.41) is 3.53. The SMILES string of the molecule is COc1ccc2cc(C(=O)N(C)CC(=O)Nc3cc(C)ccn3)c(C)nc2c1. The van der Waals surface area contributed by atoms with Gasteiger partial charge in [-0.1, -0.05) is 0 Å². The van der Waals surface area contributed by atoms with Gasteiger partial charge in [-0.3, -0.25) is 14.6 Å². The molecule has 0 aliphatic rings. The van der Waals surface area contributed by atoms with Crippen LogP contribution in [0.25, 0.3) is 10.9 Å². The van der Waals surface area contributed by atoms with E-state index in [1.54, 1.807) is 39.4 Å². The molecule has 2 amide bonds. The highest BCUT2D eigenvalue weighted by atomic mass is 16.5. The molecule has 0 radical (unpaired) electrons. The van der Waals surface area contributed by atoms with Crippen molar-refractivity contribution in [2.75, 3.05) is 26.0 Å². The van der Waals surface area contributed by atoms with E-state index in [-0.39, 0.29) is 18.4 Å². The van der Waals surface area contributed by atoms with Gasteiger partial charge in [-0.15, -0.1) is 0 Å². The number of nitrogens with one attached hydrogen (secondary N) is 1. The van der Waals surface area contributed by atoms with E-state index in [2.05, 4.69) is 15.3 Å². The lowest BCUT2D eigenvalue weighted by atomic mass is 10.1. The molecule has 144 valence electrons. The van der Waals surface area contributed by atoms with Crippen molar-refractivity contribution in [3.05, 3.63) is 59.4 Å². The third kappa shape index (κ3) is 4.25. The number of carbonyl (C=O) groups is 2. The fourth-order valence-electron chi connectivity index (χ4n) is 2.87. The first-order chi connectivity index (χ1) is 13.4. The summed E-state index contributed by atoms with van der Waals surface area (Å²) in [6.07, 6.45) is 1.62. The highest BCUT2D eigenvalue weighted by Gasteiger charge is 2.19. The molecule has 0 saturated heterocycles. The summed E-state index contributed by atoms with van der Waals surface area (Å²) >= 11 is 0. The standard InChI is InChI=1S/C21H22N4O3/c1-13-7-8-22-19(9-13)24-20(26)12-25(3)21(27)17-10-15-5-6-16(28-4)11-18(15)23-14(17)2/h5-11H,12H2,1-4H3,(H,22,24,26). The minimum absolute atomic E-state index is 0.0887. The molecule has 3 rings (SSSR count). The predicted octanol–water partition coefficient (Wildman–Crippen LogP) is 2.97. The van der Waals surface area contributed by atoms with Gasteiger partial charge in [0.2, 0.25) is 5.91 Å². The number of aryl methyl sites for hydroxylation is 2. The molecule has 1 aromatic carbocycles. The van der Waals surface area contributed by atoms with E-state index < -0.39 is 0 Å². The highest BCUT2D eigenvalue weighted by Crippen LogP contribution is 2.22. The van der Waals surface area contributed by atoms with E-state index in [1.165, 1.54) is 4.90 Å². The second-order valence-corrected chi connectivity index (χ2v) is 6.61.